The zero-order valence-corrected chi connectivity index (χ0v) is 11.1. The molecule has 4 heteroatoms. The zero-order valence-electron chi connectivity index (χ0n) is 10.3. The molecule has 0 aromatic carbocycles. The van der Waals surface area contributed by atoms with Crippen molar-refractivity contribution in [2.24, 2.45) is 11.8 Å². The Morgan fingerprint density at radius 3 is 2.76 bits per heavy atom. The molecule has 0 aliphatic heterocycles. The minimum absolute atomic E-state index is 0.446. The molecule has 3 nitrogen and oxygen atoms in total. The third-order valence-corrected chi connectivity index (χ3v) is 3.78. The topological polar surface area (TPSA) is 37.8 Å². The van der Waals surface area contributed by atoms with Gasteiger partial charge in [-0.3, -0.25) is 4.98 Å². The van der Waals surface area contributed by atoms with Crippen LogP contribution in [-0.2, 0) is 0 Å². The number of nitrogens with one attached hydrogen (secondary N) is 1. The van der Waals surface area contributed by atoms with Gasteiger partial charge < -0.3 is 5.32 Å². The molecule has 0 atom stereocenters. The molecule has 1 N–H and O–H groups in total. The number of hydrogen-bond donors (Lipinski definition) is 1. The first-order valence-electron chi connectivity index (χ1n) is 6.45. The van der Waals surface area contributed by atoms with Crippen LogP contribution in [0.1, 0.15) is 39.0 Å². The molecular formula is C13H20ClN3. The standard InChI is InChI=1S/C13H20ClN3/c1-10-2-4-11(5-3-10)6-7-16-13-9-15-8-12(14)17-13/h8-11H,2-7H2,1H3,(H,16,17). The second kappa shape index (κ2) is 6.20. The molecule has 1 aliphatic rings. The molecule has 2 rings (SSSR count). The fraction of sp³-hybridized carbons (Fsp3) is 0.692. The highest BCUT2D eigenvalue weighted by molar-refractivity contribution is 6.29. The number of hydrogen-bond acceptors (Lipinski definition) is 3. The molecule has 1 aliphatic carbocycles. The van der Waals surface area contributed by atoms with Gasteiger partial charge in [-0.2, -0.15) is 0 Å². The summed E-state index contributed by atoms with van der Waals surface area (Å²) < 4.78 is 0. The Morgan fingerprint density at radius 2 is 2.06 bits per heavy atom. The summed E-state index contributed by atoms with van der Waals surface area (Å²) in [4.78, 5) is 8.16. The number of anilines is 1. The summed E-state index contributed by atoms with van der Waals surface area (Å²) >= 11 is 5.77. The fourth-order valence-electron chi connectivity index (χ4n) is 2.45. The Morgan fingerprint density at radius 1 is 1.29 bits per heavy atom. The van der Waals surface area contributed by atoms with E-state index >= 15 is 0 Å². The molecular weight excluding hydrogens is 234 g/mol. The lowest BCUT2D eigenvalue weighted by atomic mass is 9.81. The van der Waals surface area contributed by atoms with E-state index in [9.17, 15) is 0 Å². The van der Waals surface area contributed by atoms with E-state index in [1.54, 1.807) is 12.4 Å². The largest absolute Gasteiger partial charge is 0.369 e. The van der Waals surface area contributed by atoms with Crippen molar-refractivity contribution < 1.29 is 0 Å². The molecule has 17 heavy (non-hydrogen) atoms. The predicted molar refractivity (Wildman–Crippen MR) is 71.3 cm³/mol. The molecule has 94 valence electrons. The van der Waals surface area contributed by atoms with E-state index in [2.05, 4.69) is 22.2 Å². The maximum absolute atomic E-state index is 5.77. The first-order valence-corrected chi connectivity index (χ1v) is 6.83. The van der Waals surface area contributed by atoms with E-state index in [1.165, 1.54) is 32.1 Å². The number of nitrogens with zero attached hydrogens (tertiary/aromatic N) is 2. The van der Waals surface area contributed by atoms with E-state index in [4.69, 9.17) is 11.6 Å². The Labute approximate surface area is 108 Å². The van der Waals surface area contributed by atoms with Gasteiger partial charge in [-0.1, -0.05) is 44.2 Å². The molecule has 0 radical (unpaired) electrons. The molecule has 0 amide bonds. The zero-order chi connectivity index (χ0) is 12.1. The highest BCUT2D eigenvalue weighted by Gasteiger charge is 2.17. The lowest BCUT2D eigenvalue weighted by Gasteiger charge is -2.26. The van der Waals surface area contributed by atoms with Crippen molar-refractivity contribution in [1.29, 1.82) is 0 Å². The van der Waals surface area contributed by atoms with Crippen LogP contribution in [-0.4, -0.2) is 16.5 Å². The highest BCUT2D eigenvalue weighted by atomic mass is 35.5. The van der Waals surface area contributed by atoms with Gasteiger partial charge in [0.15, 0.2) is 0 Å². The summed E-state index contributed by atoms with van der Waals surface area (Å²) in [6, 6.07) is 0. The van der Waals surface area contributed by atoms with E-state index in [0.717, 1.165) is 24.2 Å². The second-order valence-corrected chi connectivity index (χ2v) is 5.46. The summed E-state index contributed by atoms with van der Waals surface area (Å²) in [5.74, 6) is 2.59. The van der Waals surface area contributed by atoms with Crippen molar-refractivity contribution in [2.45, 2.75) is 39.0 Å². The van der Waals surface area contributed by atoms with Gasteiger partial charge >= 0.3 is 0 Å². The molecule has 0 bridgehead atoms. The van der Waals surface area contributed by atoms with Crippen LogP contribution in [0.25, 0.3) is 0 Å². The minimum atomic E-state index is 0.446. The van der Waals surface area contributed by atoms with Crippen molar-refractivity contribution in [3.8, 4) is 0 Å². The van der Waals surface area contributed by atoms with Crippen molar-refractivity contribution in [3.05, 3.63) is 17.5 Å². The lowest BCUT2D eigenvalue weighted by Crippen LogP contribution is -2.16. The Kier molecular flexibility index (Phi) is 4.60. The van der Waals surface area contributed by atoms with Gasteiger partial charge in [-0.15, -0.1) is 0 Å². The maximum Gasteiger partial charge on any atom is 0.149 e. The Balaban J connectivity index is 1.69. The highest BCUT2D eigenvalue weighted by Crippen LogP contribution is 2.30. The SMILES string of the molecule is CC1CCC(CCNc2cncc(Cl)n2)CC1. The monoisotopic (exact) mass is 253 g/mol. The van der Waals surface area contributed by atoms with Gasteiger partial charge in [-0.05, 0) is 18.3 Å². The van der Waals surface area contributed by atoms with Crippen LogP contribution in [0.15, 0.2) is 12.4 Å². The van der Waals surface area contributed by atoms with E-state index in [1.807, 2.05) is 0 Å². The van der Waals surface area contributed by atoms with Gasteiger partial charge in [0.25, 0.3) is 0 Å². The summed E-state index contributed by atoms with van der Waals surface area (Å²) in [5.41, 5.74) is 0. The summed E-state index contributed by atoms with van der Waals surface area (Å²) in [7, 11) is 0. The molecule has 0 spiro atoms. The van der Waals surface area contributed by atoms with Crippen LogP contribution in [0.3, 0.4) is 0 Å². The summed E-state index contributed by atoms with van der Waals surface area (Å²) in [5, 5.41) is 3.73. The van der Waals surface area contributed by atoms with Crippen molar-refractivity contribution >= 4 is 17.4 Å². The molecule has 1 saturated carbocycles. The third-order valence-electron chi connectivity index (χ3n) is 3.60. The number of rotatable bonds is 4. The average Bonchev–Trinajstić information content (AvgIpc) is 2.32. The van der Waals surface area contributed by atoms with Crippen molar-refractivity contribution in [1.82, 2.24) is 9.97 Å². The summed E-state index contributed by atoms with van der Waals surface area (Å²) in [6.07, 6.45) is 10.0. The van der Waals surface area contributed by atoms with Crippen LogP contribution in [0.5, 0.6) is 0 Å². The molecule has 1 heterocycles. The maximum atomic E-state index is 5.77. The van der Waals surface area contributed by atoms with Crippen LogP contribution in [0.2, 0.25) is 5.15 Å². The minimum Gasteiger partial charge on any atom is -0.369 e. The summed E-state index contributed by atoms with van der Waals surface area (Å²) in [6.45, 7) is 3.32. The van der Waals surface area contributed by atoms with Crippen LogP contribution >= 0.6 is 11.6 Å². The number of aromatic nitrogens is 2. The molecule has 1 fully saturated rings. The normalized spacial score (nSPS) is 24.6. The van der Waals surface area contributed by atoms with Gasteiger partial charge in [0, 0.05) is 6.54 Å². The molecule has 1 aromatic heterocycles. The van der Waals surface area contributed by atoms with Crippen molar-refractivity contribution in [3.63, 3.8) is 0 Å². The van der Waals surface area contributed by atoms with Crippen LogP contribution in [0, 0.1) is 11.8 Å². The molecule has 0 saturated heterocycles. The van der Waals surface area contributed by atoms with Crippen LogP contribution in [0.4, 0.5) is 5.82 Å². The molecule has 1 aromatic rings. The second-order valence-electron chi connectivity index (χ2n) is 5.07. The fourth-order valence-corrected chi connectivity index (χ4v) is 2.60. The molecule has 0 unspecified atom stereocenters. The van der Waals surface area contributed by atoms with Gasteiger partial charge in [0.05, 0.1) is 12.4 Å². The van der Waals surface area contributed by atoms with E-state index < -0.39 is 0 Å². The van der Waals surface area contributed by atoms with Gasteiger partial charge in [0.1, 0.15) is 11.0 Å². The smallest absolute Gasteiger partial charge is 0.149 e. The van der Waals surface area contributed by atoms with Crippen LogP contribution < -0.4 is 5.32 Å². The van der Waals surface area contributed by atoms with E-state index in [-0.39, 0.29) is 0 Å². The Hall–Kier alpha value is -0.830. The van der Waals surface area contributed by atoms with Gasteiger partial charge in [0.2, 0.25) is 0 Å². The van der Waals surface area contributed by atoms with Gasteiger partial charge in [-0.25, -0.2) is 4.98 Å². The first-order chi connectivity index (χ1) is 8.24. The Bertz CT molecular complexity index is 348. The third kappa shape index (κ3) is 4.15. The van der Waals surface area contributed by atoms with E-state index in [0.29, 0.717) is 5.15 Å². The first kappa shape index (κ1) is 12.6. The lowest BCUT2D eigenvalue weighted by molar-refractivity contribution is 0.282. The number of halogens is 1. The van der Waals surface area contributed by atoms with Crippen molar-refractivity contribution in [2.75, 3.05) is 11.9 Å². The quantitative estimate of drug-likeness (QED) is 0.888. The predicted octanol–water partition coefficient (Wildman–Crippen LogP) is 3.76. The average molecular weight is 254 g/mol.